The van der Waals surface area contributed by atoms with Gasteiger partial charge in [-0.2, -0.15) is 12.6 Å². The molecule has 0 bridgehead atoms. The number of aliphatic hydroxyl groups excluding tert-OH is 2. The minimum Gasteiger partial charge on any atom is -0.396 e. The number of hydrogen-bond donors (Lipinski definition) is 3. The van der Waals surface area contributed by atoms with Crippen molar-refractivity contribution in [2.45, 2.75) is 52.3 Å². The Kier molecular flexibility index (Phi) is 18.7. The molecule has 0 spiro atoms. The van der Waals surface area contributed by atoms with Crippen molar-refractivity contribution >= 4 is 72.9 Å². The quantitative estimate of drug-likeness (QED) is 0.0787. The van der Waals surface area contributed by atoms with Crippen molar-refractivity contribution in [1.82, 2.24) is 15.0 Å². The fourth-order valence-electron chi connectivity index (χ4n) is 2.22. The molecule has 3 aromatic heterocycles. The molecule has 0 fully saturated rings. The van der Waals surface area contributed by atoms with Gasteiger partial charge in [-0.05, 0) is 63.4 Å². The van der Waals surface area contributed by atoms with E-state index in [1.54, 1.807) is 16.9 Å². The standard InChI is InChI=1S/C10H6N4O4S2.C9H12N2O3S2.C4H10OS/c15-13(16)7-1-3-9(11-5-7)19-20-10-4-2-8(6-12-10)14(17)18;1-7(4-5-12)15-16-9-3-2-8(6-10-9)11(13)14;1-4(6)2-3-5/h1-6H;2-3,6-7,12H,4-5H2,1H3;4-6H,2-3H2,1H3/t;7-;4-/m.11/s1. The van der Waals surface area contributed by atoms with Crippen molar-refractivity contribution in [3.8, 4) is 0 Å². The predicted molar refractivity (Wildman–Crippen MR) is 169 cm³/mol. The SMILES string of the molecule is C[C@@H](S)CCO.C[C@H](CCO)SSc1ccc([N+](=O)[O-])cn1.O=[N+]([O-])c1ccc(SSc2ccc([N+](=O)[O-])cn2)nc1. The van der Waals surface area contributed by atoms with E-state index in [0.29, 0.717) is 20.6 Å². The van der Waals surface area contributed by atoms with E-state index < -0.39 is 14.8 Å². The first kappa shape index (κ1) is 37.3. The van der Waals surface area contributed by atoms with E-state index in [1.165, 1.54) is 81.3 Å². The molecule has 0 radical (unpaired) electrons. The van der Waals surface area contributed by atoms with Crippen LogP contribution in [-0.4, -0.2) is 63.6 Å². The second kappa shape index (κ2) is 21.1. The Bertz CT molecular complexity index is 1180. The van der Waals surface area contributed by atoms with Gasteiger partial charge in [0.25, 0.3) is 17.1 Å². The Labute approximate surface area is 262 Å². The van der Waals surface area contributed by atoms with Crippen LogP contribution in [0.15, 0.2) is 70.1 Å². The van der Waals surface area contributed by atoms with E-state index in [-0.39, 0.29) is 30.3 Å². The van der Waals surface area contributed by atoms with Crippen LogP contribution in [0.2, 0.25) is 0 Å². The van der Waals surface area contributed by atoms with Gasteiger partial charge in [-0.1, -0.05) is 24.6 Å². The Morgan fingerprint density at radius 1 is 0.690 bits per heavy atom. The molecule has 42 heavy (non-hydrogen) atoms. The van der Waals surface area contributed by atoms with E-state index in [9.17, 15) is 30.3 Å². The average molecular weight is 677 g/mol. The molecule has 2 atom stereocenters. The zero-order valence-corrected chi connectivity index (χ0v) is 26.4. The maximum Gasteiger partial charge on any atom is 0.287 e. The molecule has 0 saturated carbocycles. The second-order valence-corrected chi connectivity index (χ2v) is 13.6. The molecule has 0 unspecified atom stereocenters. The number of hydrogen-bond acceptors (Lipinski definition) is 16. The van der Waals surface area contributed by atoms with Gasteiger partial charge in [0.05, 0.1) is 14.8 Å². The summed E-state index contributed by atoms with van der Waals surface area (Å²) in [6.07, 6.45) is 5.12. The monoisotopic (exact) mass is 676 g/mol. The summed E-state index contributed by atoms with van der Waals surface area (Å²) in [6, 6.07) is 8.84. The zero-order chi connectivity index (χ0) is 31.5. The molecule has 228 valence electrons. The number of nitro groups is 3. The first-order valence-electron chi connectivity index (χ1n) is 11.9. The lowest BCUT2D eigenvalue weighted by molar-refractivity contribution is -0.385. The van der Waals surface area contributed by atoms with Crippen LogP contribution >= 0.6 is 55.8 Å². The van der Waals surface area contributed by atoms with Crippen molar-refractivity contribution in [1.29, 1.82) is 0 Å². The van der Waals surface area contributed by atoms with Gasteiger partial charge in [0, 0.05) is 41.9 Å². The van der Waals surface area contributed by atoms with Gasteiger partial charge < -0.3 is 10.2 Å². The predicted octanol–water partition coefficient (Wildman–Crippen LogP) is 6.28. The Balaban J connectivity index is 0.000000359. The molecular weight excluding hydrogens is 649 g/mol. The molecule has 0 amide bonds. The molecule has 0 saturated heterocycles. The number of thiol groups is 1. The number of pyridine rings is 3. The number of rotatable bonds is 13. The normalized spacial score (nSPS) is 11.6. The fraction of sp³-hybridized carbons (Fsp3) is 0.348. The summed E-state index contributed by atoms with van der Waals surface area (Å²) in [5, 5.41) is 50.8. The van der Waals surface area contributed by atoms with Crippen LogP contribution in [0.1, 0.15) is 26.7 Å². The highest BCUT2D eigenvalue weighted by Crippen LogP contribution is 2.36. The third-order valence-corrected chi connectivity index (χ3v) is 9.69. The van der Waals surface area contributed by atoms with Crippen molar-refractivity contribution in [2.24, 2.45) is 0 Å². The van der Waals surface area contributed by atoms with Gasteiger partial charge in [-0.15, -0.1) is 0 Å². The Morgan fingerprint density at radius 2 is 1.05 bits per heavy atom. The molecule has 0 aliphatic rings. The first-order valence-corrected chi connectivity index (χ1v) is 16.7. The topological polar surface area (TPSA) is 209 Å². The van der Waals surface area contributed by atoms with Gasteiger partial charge in [0.1, 0.15) is 33.7 Å². The molecule has 19 heteroatoms. The van der Waals surface area contributed by atoms with E-state index in [1.807, 2.05) is 13.8 Å². The van der Waals surface area contributed by atoms with E-state index in [2.05, 4.69) is 27.6 Å². The summed E-state index contributed by atoms with van der Waals surface area (Å²) in [4.78, 5) is 41.6. The highest BCUT2D eigenvalue weighted by Gasteiger charge is 2.09. The summed E-state index contributed by atoms with van der Waals surface area (Å²) < 4.78 is 0. The van der Waals surface area contributed by atoms with Gasteiger partial charge in [-0.3, -0.25) is 30.3 Å². The van der Waals surface area contributed by atoms with Crippen LogP contribution < -0.4 is 0 Å². The van der Waals surface area contributed by atoms with Crippen molar-refractivity contribution < 1.29 is 25.0 Å². The molecule has 0 aromatic carbocycles. The minimum absolute atomic E-state index is 0.00208. The lowest BCUT2D eigenvalue weighted by Crippen LogP contribution is -1.97. The number of aliphatic hydroxyl groups is 2. The second-order valence-electron chi connectivity index (χ2n) is 7.87. The van der Waals surface area contributed by atoms with Gasteiger partial charge >= 0.3 is 0 Å². The molecule has 3 heterocycles. The van der Waals surface area contributed by atoms with Crippen LogP contribution in [0.4, 0.5) is 17.1 Å². The lowest BCUT2D eigenvalue weighted by Gasteiger charge is -2.06. The fourth-order valence-corrected chi connectivity index (χ4v) is 6.11. The van der Waals surface area contributed by atoms with Gasteiger partial charge in [0.2, 0.25) is 0 Å². The van der Waals surface area contributed by atoms with Crippen molar-refractivity contribution in [3.05, 3.63) is 85.3 Å². The van der Waals surface area contributed by atoms with Gasteiger partial charge in [0.15, 0.2) is 0 Å². The van der Waals surface area contributed by atoms with Crippen molar-refractivity contribution in [3.63, 3.8) is 0 Å². The lowest BCUT2D eigenvalue weighted by atomic mass is 10.4. The van der Waals surface area contributed by atoms with Crippen LogP contribution in [-0.2, 0) is 0 Å². The zero-order valence-electron chi connectivity index (χ0n) is 22.3. The molecular formula is C23H28N6O8S5. The molecule has 3 aromatic rings. The molecule has 0 aliphatic carbocycles. The highest BCUT2D eigenvalue weighted by molar-refractivity contribution is 8.77. The van der Waals surface area contributed by atoms with E-state index in [0.717, 1.165) is 17.9 Å². The summed E-state index contributed by atoms with van der Waals surface area (Å²) in [5.74, 6) is 0. The van der Waals surface area contributed by atoms with Crippen LogP contribution in [0.25, 0.3) is 0 Å². The Morgan fingerprint density at radius 3 is 1.29 bits per heavy atom. The molecule has 3 rings (SSSR count). The third kappa shape index (κ3) is 16.1. The minimum atomic E-state index is -0.521. The van der Waals surface area contributed by atoms with Crippen LogP contribution in [0.3, 0.4) is 0 Å². The highest BCUT2D eigenvalue weighted by atomic mass is 33.1. The number of nitrogens with zero attached hydrogens (tertiary/aromatic N) is 6. The van der Waals surface area contributed by atoms with Crippen LogP contribution in [0.5, 0.6) is 0 Å². The molecule has 2 N–H and O–H groups in total. The van der Waals surface area contributed by atoms with E-state index in [4.69, 9.17) is 10.2 Å². The summed E-state index contributed by atoms with van der Waals surface area (Å²) in [5.41, 5.74) is -0.154. The van der Waals surface area contributed by atoms with Crippen molar-refractivity contribution in [2.75, 3.05) is 13.2 Å². The summed E-state index contributed by atoms with van der Waals surface area (Å²) in [7, 11) is 5.57. The summed E-state index contributed by atoms with van der Waals surface area (Å²) in [6.45, 7) is 4.39. The third-order valence-electron chi connectivity index (χ3n) is 4.39. The van der Waals surface area contributed by atoms with Gasteiger partial charge in [-0.25, -0.2) is 15.0 Å². The largest absolute Gasteiger partial charge is 0.396 e. The Hall–Kier alpha value is -2.68. The maximum absolute atomic E-state index is 10.5. The first-order chi connectivity index (χ1) is 20.0. The summed E-state index contributed by atoms with van der Waals surface area (Å²) >= 11 is 4.02. The number of aromatic nitrogens is 3. The van der Waals surface area contributed by atoms with E-state index >= 15 is 0 Å². The van der Waals surface area contributed by atoms with Crippen LogP contribution in [0, 0.1) is 30.3 Å². The maximum atomic E-state index is 10.5. The molecule has 0 aliphatic heterocycles. The molecule has 14 nitrogen and oxygen atoms in total. The average Bonchev–Trinajstić information content (AvgIpc) is 2.96. The smallest absolute Gasteiger partial charge is 0.287 e.